The number of carbonyl (C=O) groups excluding carboxylic acids is 1. The molecule has 0 aromatic heterocycles. The SMILES string of the molecule is C[C@@H]1CN(c2cc(F)c(/C=N/NC(N)=S)cc2F)C[C@H](C)N1[C](=O)[Al]. The number of amides is 1. The van der Waals surface area contributed by atoms with Gasteiger partial charge in [-0.25, -0.2) is 8.78 Å². The van der Waals surface area contributed by atoms with Crippen LogP contribution in [-0.4, -0.2) is 62.5 Å². The van der Waals surface area contributed by atoms with Crippen molar-refractivity contribution in [2.75, 3.05) is 18.0 Å². The zero-order chi connectivity index (χ0) is 18.7. The average Bonchev–Trinajstić information content (AvgIpc) is 2.48. The summed E-state index contributed by atoms with van der Waals surface area (Å²) in [5, 5.41) is 3.56. The fourth-order valence-corrected chi connectivity index (χ4v) is 3.57. The molecule has 0 bridgehead atoms. The fourth-order valence-electron chi connectivity index (χ4n) is 3.01. The van der Waals surface area contributed by atoms with E-state index in [0.29, 0.717) is 13.1 Å². The number of hydrogen-bond acceptors (Lipinski definition) is 4. The highest BCUT2D eigenvalue weighted by Crippen LogP contribution is 2.27. The number of carbonyl (C=O) groups is 1. The molecule has 1 aliphatic rings. The minimum absolute atomic E-state index is 0.0233. The molecule has 1 fully saturated rings. The topological polar surface area (TPSA) is 74.0 Å². The van der Waals surface area contributed by atoms with Crippen molar-refractivity contribution in [3.05, 3.63) is 29.3 Å². The zero-order valence-electron chi connectivity index (χ0n) is 13.9. The number of nitrogens with one attached hydrogen (secondary N) is 1. The number of thiocarbonyl (C=S) groups is 1. The number of benzene rings is 1. The van der Waals surface area contributed by atoms with Gasteiger partial charge in [0.25, 0.3) is 16.3 Å². The number of halogens is 2. The van der Waals surface area contributed by atoms with Crippen molar-refractivity contribution < 1.29 is 13.6 Å². The lowest BCUT2D eigenvalue weighted by Crippen LogP contribution is -2.58. The van der Waals surface area contributed by atoms with E-state index in [1.165, 1.54) is 0 Å². The van der Waals surface area contributed by atoms with E-state index >= 15 is 0 Å². The molecule has 6 nitrogen and oxygen atoms in total. The van der Waals surface area contributed by atoms with Gasteiger partial charge in [-0.2, -0.15) is 5.10 Å². The Morgan fingerprint density at radius 3 is 2.48 bits per heavy atom. The summed E-state index contributed by atoms with van der Waals surface area (Å²) in [7, 11) is 0. The van der Waals surface area contributed by atoms with Gasteiger partial charge in [0.05, 0.1) is 16.7 Å². The normalized spacial score (nSPS) is 20.8. The third-order valence-electron chi connectivity index (χ3n) is 3.96. The molecule has 1 aliphatic heterocycles. The summed E-state index contributed by atoms with van der Waals surface area (Å²) in [4.78, 5) is 15.1. The van der Waals surface area contributed by atoms with Crippen molar-refractivity contribution in [1.82, 2.24) is 10.3 Å². The van der Waals surface area contributed by atoms with Crippen molar-refractivity contribution in [2.45, 2.75) is 25.9 Å². The van der Waals surface area contributed by atoms with Crippen LogP contribution in [0.5, 0.6) is 0 Å². The monoisotopic (exact) mass is 381 g/mol. The minimum Gasteiger partial charge on any atom is -0.375 e. The standard InChI is InChI=1S/C15H18F2N5OS.Al/c1-9-6-21(7-10(2)22(9)8-23)14-4-12(16)11(3-13(14)17)5-19-20-15(18)24;/h3-5,9-10H,6-7H2,1-2H3,(H3,18,20,24);/b19-5+;/t9-,10+;. The highest BCUT2D eigenvalue weighted by Gasteiger charge is 2.31. The molecule has 10 heteroatoms. The van der Waals surface area contributed by atoms with E-state index < -0.39 is 11.6 Å². The van der Waals surface area contributed by atoms with E-state index in [9.17, 15) is 13.6 Å². The number of nitrogens with zero attached hydrogens (tertiary/aromatic N) is 3. The fraction of sp³-hybridized carbons (Fsp3) is 0.400. The first kappa shape index (κ1) is 19.6. The Kier molecular flexibility index (Phi) is 6.32. The largest absolute Gasteiger partial charge is 0.375 e. The average molecular weight is 381 g/mol. The maximum Gasteiger partial charge on any atom is 0.281 e. The quantitative estimate of drug-likeness (QED) is 0.358. The predicted molar refractivity (Wildman–Crippen MR) is 98.0 cm³/mol. The van der Waals surface area contributed by atoms with E-state index in [0.717, 1.165) is 18.3 Å². The Morgan fingerprint density at radius 1 is 1.36 bits per heavy atom. The minimum atomic E-state index is -0.616. The van der Waals surface area contributed by atoms with Crippen LogP contribution < -0.4 is 16.1 Å². The Hall–Kier alpha value is -1.76. The van der Waals surface area contributed by atoms with Crippen LogP contribution in [-0.2, 0) is 0 Å². The van der Waals surface area contributed by atoms with Crippen LogP contribution in [0.4, 0.5) is 19.3 Å². The Labute approximate surface area is 158 Å². The molecule has 0 aliphatic carbocycles. The van der Waals surface area contributed by atoms with Gasteiger partial charge in [0.1, 0.15) is 11.6 Å². The van der Waals surface area contributed by atoms with E-state index in [2.05, 4.69) is 39.0 Å². The summed E-state index contributed by atoms with van der Waals surface area (Å²) in [5.74, 6) is -1.18. The zero-order valence-corrected chi connectivity index (χ0v) is 15.8. The van der Waals surface area contributed by atoms with Gasteiger partial charge in [-0.05, 0) is 32.1 Å². The van der Waals surface area contributed by atoms with Crippen LogP contribution in [0.1, 0.15) is 19.4 Å². The summed E-state index contributed by atoms with van der Waals surface area (Å²) in [5.41, 5.74) is 7.63. The number of hydrogen-bond donors (Lipinski definition) is 2. The lowest BCUT2D eigenvalue weighted by molar-refractivity contribution is 0.162. The van der Waals surface area contributed by atoms with Crippen LogP contribution >= 0.6 is 12.2 Å². The van der Waals surface area contributed by atoms with Crippen LogP contribution in [0.2, 0.25) is 0 Å². The molecule has 1 aromatic carbocycles. The molecule has 2 radical (unpaired) electrons. The Bertz CT molecular complexity index is 705. The van der Waals surface area contributed by atoms with E-state index in [4.69, 9.17) is 5.73 Å². The third kappa shape index (κ3) is 4.66. The highest BCUT2D eigenvalue weighted by molar-refractivity contribution is 7.80. The lowest BCUT2D eigenvalue weighted by atomic mass is 10.1. The lowest BCUT2D eigenvalue weighted by Gasteiger charge is -2.46. The molecular formula is C15H18AlF2N5OS. The molecule has 1 amide bonds. The van der Waals surface area contributed by atoms with Gasteiger partial charge >= 0.3 is 0 Å². The molecule has 2 rings (SSSR count). The van der Waals surface area contributed by atoms with Gasteiger partial charge < -0.3 is 20.3 Å². The van der Waals surface area contributed by atoms with Gasteiger partial charge in [0, 0.05) is 36.8 Å². The Balaban J connectivity index is 2.23. The maximum atomic E-state index is 14.5. The maximum absolute atomic E-state index is 14.5. The number of hydrazone groups is 1. The summed E-state index contributed by atoms with van der Waals surface area (Å²) in [6.07, 6.45) is 1.11. The highest BCUT2D eigenvalue weighted by atomic mass is 32.1. The van der Waals surface area contributed by atoms with Crippen molar-refractivity contribution in [3.8, 4) is 0 Å². The summed E-state index contributed by atoms with van der Waals surface area (Å²) in [6, 6.07) is 1.96. The molecule has 0 saturated carbocycles. The van der Waals surface area contributed by atoms with Gasteiger partial charge in [0.15, 0.2) is 5.11 Å². The first-order valence-electron chi connectivity index (χ1n) is 7.61. The summed E-state index contributed by atoms with van der Waals surface area (Å²) < 4.78 is 28.6. The van der Waals surface area contributed by atoms with Crippen LogP contribution in [0.25, 0.3) is 0 Å². The number of piperazine rings is 1. The number of anilines is 1. The van der Waals surface area contributed by atoms with Gasteiger partial charge in [-0.15, -0.1) is 0 Å². The summed E-state index contributed by atoms with van der Waals surface area (Å²) in [6.45, 7) is 4.58. The smallest absolute Gasteiger partial charge is 0.281 e. The van der Waals surface area contributed by atoms with Crippen LogP contribution in [0, 0.1) is 11.6 Å². The van der Waals surface area contributed by atoms with Crippen molar-refractivity contribution in [3.63, 3.8) is 0 Å². The molecule has 0 spiro atoms. The van der Waals surface area contributed by atoms with Crippen LogP contribution in [0.15, 0.2) is 17.2 Å². The molecular weight excluding hydrogens is 363 g/mol. The van der Waals surface area contributed by atoms with Crippen molar-refractivity contribution >= 4 is 50.3 Å². The molecule has 2 atom stereocenters. The molecule has 1 aromatic rings. The summed E-state index contributed by atoms with van der Waals surface area (Å²) >= 11 is 6.73. The molecule has 132 valence electrons. The second-order valence-electron chi connectivity index (χ2n) is 5.91. The molecule has 1 saturated heterocycles. The first-order chi connectivity index (χ1) is 11.7. The van der Waals surface area contributed by atoms with Crippen molar-refractivity contribution in [1.29, 1.82) is 0 Å². The second-order valence-corrected chi connectivity index (χ2v) is 6.84. The Morgan fingerprint density at radius 2 is 1.96 bits per heavy atom. The predicted octanol–water partition coefficient (Wildman–Crippen LogP) is 1.32. The van der Waals surface area contributed by atoms with E-state index in [1.54, 1.807) is 9.80 Å². The number of rotatable bonds is 3. The molecule has 1 heterocycles. The number of nitrogens with two attached hydrogens (primary N) is 1. The second kappa shape index (κ2) is 8.08. The van der Waals surface area contributed by atoms with Gasteiger partial charge in [-0.1, -0.05) is 0 Å². The van der Waals surface area contributed by atoms with Crippen LogP contribution in [0.3, 0.4) is 0 Å². The van der Waals surface area contributed by atoms with E-state index in [1.807, 2.05) is 13.8 Å². The third-order valence-corrected chi connectivity index (χ3v) is 4.35. The van der Waals surface area contributed by atoms with Crippen molar-refractivity contribution in [2.24, 2.45) is 10.8 Å². The van der Waals surface area contributed by atoms with Gasteiger partial charge in [-0.3, -0.25) is 5.43 Å². The molecule has 3 N–H and O–H groups in total. The first-order valence-corrected chi connectivity index (χ1v) is 8.59. The molecule has 0 unspecified atom stereocenters. The van der Waals surface area contributed by atoms with E-state index in [-0.39, 0.29) is 33.2 Å². The van der Waals surface area contributed by atoms with Gasteiger partial charge in [0.2, 0.25) is 0 Å². The molecule has 25 heavy (non-hydrogen) atoms.